The van der Waals surface area contributed by atoms with Crippen molar-refractivity contribution in [1.29, 1.82) is 0 Å². The Labute approximate surface area is 133 Å². The van der Waals surface area contributed by atoms with Gasteiger partial charge in [-0.1, -0.05) is 0 Å². The van der Waals surface area contributed by atoms with Gasteiger partial charge in [0, 0.05) is 13.6 Å². The third-order valence-corrected chi connectivity index (χ3v) is 3.44. The molecule has 0 aromatic carbocycles. The van der Waals surface area contributed by atoms with Gasteiger partial charge in [0.05, 0.1) is 12.1 Å². The minimum absolute atomic E-state index is 0. The van der Waals surface area contributed by atoms with Crippen LogP contribution in [0.15, 0.2) is 4.99 Å². The van der Waals surface area contributed by atoms with Gasteiger partial charge >= 0.3 is 35.6 Å². The van der Waals surface area contributed by atoms with E-state index in [9.17, 15) is 17.8 Å². The minimum atomic E-state index is -4.96. The number of carbonyl (C=O) groups is 1. The van der Waals surface area contributed by atoms with E-state index in [1.54, 1.807) is 0 Å². The zero-order valence-electron chi connectivity index (χ0n) is 10.6. The number of hydrogen-bond donors (Lipinski definition) is 1. The molecule has 0 spiro atoms. The molecule has 2 saturated heterocycles. The number of hydroxylamine groups is 2. The Morgan fingerprint density at radius 1 is 1.53 bits per heavy atom. The van der Waals surface area contributed by atoms with Crippen LogP contribution < -0.4 is 35.3 Å². The van der Waals surface area contributed by atoms with Crippen LogP contribution in [-0.2, 0) is 14.7 Å². The number of amidine groups is 1. The first-order valence-corrected chi connectivity index (χ1v) is 6.64. The predicted octanol–water partition coefficient (Wildman–Crippen LogP) is -4.36. The molecular formula is C8H13N4NaO5S. The molecule has 2 aliphatic rings. The van der Waals surface area contributed by atoms with Crippen LogP contribution in [0.4, 0.5) is 4.79 Å². The van der Waals surface area contributed by atoms with E-state index in [0.29, 0.717) is 23.7 Å². The Kier molecular flexibility index (Phi) is 5.21. The smallest absolute Gasteiger partial charge is 0.724 e. The maximum absolute atomic E-state index is 11.9. The van der Waals surface area contributed by atoms with Gasteiger partial charge in [0.2, 0.25) is 10.4 Å². The molecule has 2 rings (SSSR count). The molecule has 2 aliphatic heterocycles. The van der Waals surface area contributed by atoms with Crippen LogP contribution in [0.2, 0.25) is 0 Å². The van der Waals surface area contributed by atoms with Crippen molar-refractivity contribution in [3.8, 4) is 0 Å². The molecule has 0 unspecified atom stereocenters. The predicted molar refractivity (Wildman–Crippen MR) is 59.1 cm³/mol. The van der Waals surface area contributed by atoms with Gasteiger partial charge in [-0.05, 0) is 12.8 Å². The van der Waals surface area contributed by atoms with Crippen LogP contribution in [0.25, 0.3) is 0 Å². The Hall–Kier alpha value is -0.390. The molecule has 102 valence electrons. The van der Waals surface area contributed by atoms with Crippen molar-refractivity contribution in [2.24, 2.45) is 10.7 Å². The molecule has 0 aromatic heterocycles. The van der Waals surface area contributed by atoms with Gasteiger partial charge in [0.1, 0.15) is 5.84 Å². The molecule has 2 atom stereocenters. The molecule has 0 aromatic rings. The third kappa shape index (κ3) is 3.38. The topological polar surface area (TPSA) is 128 Å². The number of piperidine rings is 1. The molecule has 2 heterocycles. The SMILES string of the molecule is CN=C(N)[C@@H]1CC[C@@H]2CN1C(=O)N2OS(=O)(=O)[O-].[Na+]. The summed E-state index contributed by atoms with van der Waals surface area (Å²) in [5, 5.41) is 0.616. The monoisotopic (exact) mass is 300 g/mol. The number of rotatable bonds is 3. The van der Waals surface area contributed by atoms with Crippen molar-refractivity contribution < 1.29 is 51.6 Å². The Morgan fingerprint density at radius 2 is 2.16 bits per heavy atom. The first-order valence-electron chi connectivity index (χ1n) is 5.31. The maximum Gasteiger partial charge on any atom is 1.00 e. The summed E-state index contributed by atoms with van der Waals surface area (Å²) in [6.07, 6.45) is 1.05. The second-order valence-electron chi connectivity index (χ2n) is 4.14. The number of fused-ring (bicyclic) bond motifs is 2. The summed E-state index contributed by atoms with van der Waals surface area (Å²) in [6.45, 7) is 0.273. The van der Waals surface area contributed by atoms with Crippen LogP contribution in [0.5, 0.6) is 0 Å². The largest absolute Gasteiger partial charge is 1.00 e. The quantitative estimate of drug-likeness (QED) is 0.184. The van der Waals surface area contributed by atoms with E-state index in [4.69, 9.17) is 5.73 Å². The number of nitrogens with two attached hydrogens (primary N) is 1. The van der Waals surface area contributed by atoms with Crippen molar-refractivity contribution in [2.45, 2.75) is 24.9 Å². The van der Waals surface area contributed by atoms with Crippen molar-refractivity contribution in [3.05, 3.63) is 0 Å². The Bertz CT molecular complexity index is 495. The van der Waals surface area contributed by atoms with E-state index in [-0.39, 0.29) is 42.1 Å². The van der Waals surface area contributed by atoms with Crippen molar-refractivity contribution >= 4 is 22.3 Å². The van der Waals surface area contributed by atoms with Crippen LogP contribution in [0, 0.1) is 0 Å². The fourth-order valence-electron chi connectivity index (χ4n) is 2.28. The average Bonchev–Trinajstić information content (AvgIpc) is 2.52. The Morgan fingerprint density at radius 3 is 2.68 bits per heavy atom. The fraction of sp³-hybridized carbons (Fsp3) is 0.750. The summed E-state index contributed by atoms with van der Waals surface area (Å²) >= 11 is 0. The number of nitrogens with zero attached hydrogens (tertiary/aromatic N) is 3. The number of amides is 2. The van der Waals surface area contributed by atoms with Gasteiger partial charge < -0.3 is 15.2 Å². The molecule has 0 saturated carbocycles. The van der Waals surface area contributed by atoms with E-state index in [2.05, 4.69) is 9.28 Å². The van der Waals surface area contributed by atoms with E-state index < -0.39 is 22.5 Å². The molecule has 0 radical (unpaired) electrons. The molecule has 11 heteroatoms. The van der Waals surface area contributed by atoms with Crippen LogP contribution >= 0.6 is 0 Å². The molecule has 2 N–H and O–H groups in total. The minimum Gasteiger partial charge on any atom is -0.724 e. The van der Waals surface area contributed by atoms with Crippen LogP contribution in [-0.4, -0.2) is 60.5 Å². The summed E-state index contributed by atoms with van der Waals surface area (Å²) < 4.78 is 35.8. The average molecular weight is 300 g/mol. The summed E-state index contributed by atoms with van der Waals surface area (Å²) in [6, 6.07) is -1.49. The Balaban J connectivity index is 0.00000180. The maximum atomic E-state index is 11.9. The van der Waals surface area contributed by atoms with E-state index in [1.165, 1.54) is 11.9 Å². The standard InChI is InChI=1S/C8H14N4O5S.Na/c1-10-7(9)6-3-2-5-4-11(6)8(13)12(5)17-18(14,15)16;/h5-6H,2-4H2,1H3,(H2,9,10)(H,14,15,16);/q;+1/p-1/t5-,6+;/m1./s1. The summed E-state index contributed by atoms with van der Waals surface area (Å²) in [4.78, 5) is 17.1. The van der Waals surface area contributed by atoms with Gasteiger partial charge in [-0.2, -0.15) is 9.35 Å². The molecule has 19 heavy (non-hydrogen) atoms. The molecule has 0 aliphatic carbocycles. The summed E-state index contributed by atoms with van der Waals surface area (Å²) in [5.74, 6) is 0.300. The van der Waals surface area contributed by atoms with Crippen LogP contribution in [0.1, 0.15) is 12.8 Å². The van der Waals surface area contributed by atoms with Crippen LogP contribution in [0.3, 0.4) is 0 Å². The van der Waals surface area contributed by atoms with E-state index in [0.717, 1.165) is 0 Å². The summed E-state index contributed by atoms with van der Waals surface area (Å²) in [7, 11) is -3.44. The number of carbonyl (C=O) groups excluding carboxylic acids is 1. The molecular weight excluding hydrogens is 287 g/mol. The van der Waals surface area contributed by atoms with Crippen molar-refractivity contribution in [3.63, 3.8) is 0 Å². The van der Waals surface area contributed by atoms with Gasteiger partial charge in [-0.3, -0.25) is 4.99 Å². The van der Waals surface area contributed by atoms with Gasteiger partial charge in [-0.15, -0.1) is 0 Å². The molecule has 2 amide bonds. The molecule has 9 nitrogen and oxygen atoms in total. The van der Waals surface area contributed by atoms with Gasteiger partial charge in [0.25, 0.3) is 0 Å². The zero-order chi connectivity index (χ0) is 13.5. The zero-order valence-corrected chi connectivity index (χ0v) is 13.5. The number of urea groups is 1. The second kappa shape index (κ2) is 5.94. The van der Waals surface area contributed by atoms with E-state index in [1.807, 2.05) is 0 Å². The van der Waals surface area contributed by atoms with Crippen molar-refractivity contribution in [2.75, 3.05) is 13.6 Å². The summed E-state index contributed by atoms with van der Waals surface area (Å²) in [5.41, 5.74) is 5.68. The first-order chi connectivity index (χ1) is 8.33. The normalized spacial score (nSPS) is 27.5. The molecule has 2 fully saturated rings. The number of hydrogen-bond acceptors (Lipinski definition) is 6. The van der Waals surface area contributed by atoms with Gasteiger partial charge in [-0.25, -0.2) is 13.2 Å². The van der Waals surface area contributed by atoms with E-state index >= 15 is 0 Å². The fourth-order valence-corrected chi connectivity index (χ4v) is 2.67. The number of aliphatic imine (C=N–C) groups is 1. The van der Waals surface area contributed by atoms with Gasteiger partial charge in [0.15, 0.2) is 0 Å². The third-order valence-electron chi connectivity index (χ3n) is 3.09. The molecule has 2 bridgehead atoms. The van der Waals surface area contributed by atoms with Crippen molar-refractivity contribution in [1.82, 2.24) is 9.96 Å². The first kappa shape index (κ1) is 16.7. The second-order valence-corrected chi connectivity index (χ2v) is 5.10.